The summed E-state index contributed by atoms with van der Waals surface area (Å²) in [5, 5.41) is 3.35. The van der Waals surface area contributed by atoms with Crippen LogP contribution in [0.1, 0.15) is 5.69 Å². The maximum Gasteiger partial charge on any atom is 0.401 e. The Hall–Kier alpha value is -1.49. The van der Waals surface area contributed by atoms with E-state index in [1.165, 1.54) is 0 Å². The van der Waals surface area contributed by atoms with Crippen LogP contribution < -0.4 is 5.32 Å². The SMILES string of the molecule is FC(F)(F)CNCc1cc2ccccc2[nH]1. The zero-order chi connectivity index (χ0) is 11.6. The molecule has 16 heavy (non-hydrogen) atoms. The first-order valence-electron chi connectivity index (χ1n) is 4.89. The number of benzene rings is 1. The van der Waals surface area contributed by atoms with Crippen LogP contribution in [-0.2, 0) is 6.54 Å². The van der Waals surface area contributed by atoms with Crippen LogP contribution in [0.5, 0.6) is 0 Å². The summed E-state index contributed by atoms with van der Waals surface area (Å²) in [4.78, 5) is 3.05. The number of rotatable bonds is 3. The summed E-state index contributed by atoms with van der Waals surface area (Å²) in [6, 6.07) is 9.43. The molecule has 2 N–H and O–H groups in total. The van der Waals surface area contributed by atoms with E-state index in [9.17, 15) is 13.2 Å². The molecule has 0 saturated heterocycles. The summed E-state index contributed by atoms with van der Waals surface area (Å²) >= 11 is 0. The van der Waals surface area contributed by atoms with E-state index in [4.69, 9.17) is 0 Å². The molecule has 1 heterocycles. The van der Waals surface area contributed by atoms with Crippen LogP contribution in [-0.4, -0.2) is 17.7 Å². The van der Waals surface area contributed by atoms with Crippen molar-refractivity contribution in [3.05, 3.63) is 36.0 Å². The van der Waals surface area contributed by atoms with Gasteiger partial charge in [0.2, 0.25) is 0 Å². The van der Waals surface area contributed by atoms with Gasteiger partial charge in [-0.2, -0.15) is 13.2 Å². The van der Waals surface area contributed by atoms with Gasteiger partial charge >= 0.3 is 6.18 Å². The number of alkyl halides is 3. The third kappa shape index (κ3) is 2.76. The van der Waals surface area contributed by atoms with E-state index in [1.54, 1.807) is 0 Å². The molecule has 0 saturated carbocycles. The van der Waals surface area contributed by atoms with Crippen LogP contribution in [0.4, 0.5) is 13.2 Å². The van der Waals surface area contributed by atoms with Gasteiger partial charge in [0, 0.05) is 17.8 Å². The lowest BCUT2D eigenvalue weighted by Crippen LogP contribution is -2.28. The molecule has 0 fully saturated rings. The Kier molecular flexibility index (Phi) is 2.87. The van der Waals surface area contributed by atoms with Crippen LogP contribution in [0.15, 0.2) is 30.3 Å². The minimum absolute atomic E-state index is 0.189. The van der Waals surface area contributed by atoms with Gasteiger partial charge in [-0.05, 0) is 17.5 Å². The number of aromatic amines is 1. The van der Waals surface area contributed by atoms with Crippen LogP contribution in [0, 0.1) is 0 Å². The molecule has 0 bridgehead atoms. The molecule has 2 aromatic rings. The minimum Gasteiger partial charge on any atom is -0.357 e. The molecule has 86 valence electrons. The van der Waals surface area contributed by atoms with Crippen molar-refractivity contribution in [2.45, 2.75) is 12.7 Å². The summed E-state index contributed by atoms with van der Waals surface area (Å²) in [5.74, 6) is 0. The average Bonchev–Trinajstić information content (AvgIpc) is 2.57. The number of hydrogen-bond donors (Lipinski definition) is 2. The number of nitrogens with one attached hydrogen (secondary N) is 2. The van der Waals surface area contributed by atoms with Crippen molar-refractivity contribution in [3.8, 4) is 0 Å². The summed E-state index contributed by atoms with van der Waals surface area (Å²) in [6.45, 7) is -0.781. The summed E-state index contributed by atoms with van der Waals surface area (Å²) < 4.78 is 35.7. The average molecular weight is 228 g/mol. The molecule has 0 radical (unpaired) electrons. The van der Waals surface area contributed by atoms with E-state index < -0.39 is 12.7 Å². The molecule has 5 heteroatoms. The molecule has 0 atom stereocenters. The van der Waals surface area contributed by atoms with Crippen molar-refractivity contribution in [3.63, 3.8) is 0 Å². The minimum atomic E-state index is -4.16. The second kappa shape index (κ2) is 4.17. The van der Waals surface area contributed by atoms with Crippen molar-refractivity contribution in [2.75, 3.05) is 6.54 Å². The third-order valence-corrected chi connectivity index (χ3v) is 2.23. The largest absolute Gasteiger partial charge is 0.401 e. The van der Waals surface area contributed by atoms with Gasteiger partial charge in [-0.15, -0.1) is 0 Å². The molecular weight excluding hydrogens is 217 g/mol. The molecule has 0 aliphatic rings. The van der Waals surface area contributed by atoms with E-state index in [-0.39, 0.29) is 6.54 Å². The highest BCUT2D eigenvalue weighted by molar-refractivity contribution is 5.80. The fraction of sp³-hybridized carbons (Fsp3) is 0.273. The van der Waals surface area contributed by atoms with Gasteiger partial charge in [-0.25, -0.2) is 0 Å². The summed E-state index contributed by atoms with van der Waals surface area (Å²) in [5.41, 5.74) is 1.69. The van der Waals surface area contributed by atoms with Crippen LogP contribution >= 0.6 is 0 Å². The predicted molar refractivity (Wildman–Crippen MR) is 56.1 cm³/mol. The lowest BCUT2D eigenvalue weighted by atomic mass is 10.2. The van der Waals surface area contributed by atoms with Crippen molar-refractivity contribution in [1.29, 1.82) is 0 Å². The first-order chi connectivity index (χ1) is 7.54. The van der Waals surface area contributed by atoms with Gasteiger partial charge < -0.3 is 10.3 Å². The zero-order valence-corrected chi connectivity index (χ0v) is 8.43. The van der Waals surface area contributed by atoms with Crippen molar-refractivity contribution >= 4 is 10.9 Å². The molecule has 0 aliphatic heterocycles. The molecule has 1 aromatic carbocycles. The maximum absolute atomic E-state index is 11.9. The molecule has 0 aliphatic carbocycles. The van der Waals surface area contributed by atoms with E-state index in [1.807, 2.05) is 30.3 Å². The Morgan fingerprint density at radius 3 is 2.62 bits per heavy atom. The lowest BCUT2D eigenvalue weighted by molar-refractivity contribution is -0.125. The Morgan fingerprint density at radius 1 is 1.19 bits per heavy atom. The number of fused-ring (bicyclic) bond motifs is 1. The van der Waals surface area contributed by atoms with Gasteiger partial charge in [-0.3, -0.25) is 0 Å². The molecular formula is C11H11F3N2. The first kappa shape index (κ1) is 11.0. The van der Waals surface area contributed by atoms with Crippen LogP contribution in [0.2, 0.25) is 0 Å². The Bertz CT molecular complexity index is 440. The Morgan fingerprint density at radius 2 is 1.94 bits per heavy atom. The van der Waals surface area contributed by atoms with Crippen LogP contribution in [0.3, 0.4) is 0 Å². The normalized spacial score (nSPS) is 12.2. The van der Waals surface area contributed by atoms with Crippen LogP contribution in [0.25, 0.3) is 10.9 Å². The van der Waals surface area contributed by atoms with Crippen molar-refractivity contribution in [2.24, 2.45) is 0 Å². The molecule has 0 unspecified atom stereocenters. The molecule has 1 aromatic heterocycles. The summed E-state index contributed by atoms with van der Waals surface area (Å²) in [6.07, 6.45) is -4.16. The predicted octanol–water partition coefficient (Wildman–Crippen LogP) is 2.82. The van der Waals surface area contributed by atoms with Crippen molar-refractivity contribution in [1.82, 2.24) is 10.3 Å². The van der Waals surface area contributed by atoms with Gasteiger partial charge in [0.15, 0.2) is 0 Å². The van der Waals surface area contributed by atoms with E-state index in [0.717, 1.165) is 16.6 Å². The summed E-state index contributed by atoms with van der Waals surface area (Å²) in [7, 11) is 0. The molecule has 0 spiro atoms. The number of aromatic nitrogens is 1. The topological polar surface area (TPSA) is 27.8 Å². The molecule has 0 amide bonds. The highest BCUT2D eigenvalue weighted by atomic mass is 19.4. The quantitative estimate of drug-likeness (QED) is 0.830. The maximum atomic E-state index is 11.9. The van der Waals surface area contributed by atoms with Gasteiger partial charge in [0.1, 0.15) is 0 Å². The fourth-order valence-corrected chi connectivity index (χ4v) is 1.57. The monoisotopic (exact) mass is 228 g/mol. The highest BCUT2D eigenvalue weighted by Crippen LogP contribution is 2.15. The number of hydrogen-bond acceptors (Lipinski definition) is 1. The smallest absolute Gasteiger partial charge is 0.357 e. The van der Waals surface area contributed by atoms with E-state index in [0.29, 0.717) is 0 Å². The third-order valence-electron chi connectivity index (χ3n) is 2.23. The van der Waals surface area contributed by atoms with Crippen molar-refractivity contribution < 1.29 is 13.2 Å². The first-order valence-corrected chi connectivity index (χ1v) is 4.89. The number of H-pyrrole nitrogens is 1. The standard InChI is InChI=1S/C11H11F3N2/c12-11(13,14)7-15-6-9-5-8-3-1-2-4-10(8)16-9/h1-5,15-16H,6-7H2. The van der Waals surface area contributed by atoms with Gasteiger partial charge in [0.05, 0.1) is 6.54 Å². The fourth-order valence-electron chi connectivity index (χ4n) is 1.57. The Balaban J connectivity index is 2.00. The second-order valence-electron chi connectivity index (χ2n) is 3.60. The lowest BCUT2D eigenvalue weighted by Gasteiger charge is -2.06. The number of para-hydroxylation sites is 1. The molecule has 2 nitrogen and oxygen atoms in total. The van der Waals surface area contributed by atoms with Gasteiger partial charge in [-0.1, -0.05) is 18.2 Å². The van der Waals surface area contributed by atoms with E-state index >= 15 is 0 Å². The van der Waals surface area contributed by atoms with Gasteiger partial charge in [0.25, 0.3) is 0 Å². The highest BCUT2D eigenvalue weighted by Gasteiger charge is 2.26. The van der Waals surface area contributed by atoms with E-state index in [2.05, 4.69) is 10.3 Å². The Labute approximate surface area is 90.5 Å². The molecule has 2 rings (SSSR count). The number of halogens is 3. The second-order valence-corrected chi connectivity index (χ2v) is 3.60. The zero-order valence-electron chi connectivity index (χ0n) is 8.43.